The maximum Gasteiger partial charge on any atom is 0.348 e. The topological polar surface area (TPSA) is 109 Å². The number of allylic oxidation sites excluding steroid dienone is 1. The van der Waals surface area contributed by atoms with Crippen molar-refractivity contribution in [3.8, 4) is 23.6 Å². The van der Waals surface area contributed by atoms with Gasteiger partial charge in [-0.1, -0.05) is 0 Å². The smallest absolute Gasteiger partial charge is 0.348 e. The van der Waals surface area contributed by atoms with E-state index in [9.17, 15) is 20.1 Å². The van der Waals surface area contributed by atoms with Gasteiger partial charge in [0.05, 0.1) is 35.5 Å². The summed E-state index contributed by atoms with van der Waals surface area (Å²) in [6.45, 7) is 3.54. The SMILES string of the molecule is CCOC(=O)c1sc(CC(=O)/C(C#N)=C/c2cc(I)c(OC)c(OC)c2)c(C#N)c1C. The Morgan fingerprint density at radius 2 is 1.94 bits per heavy atom. The van der Waals surface area contributed by atoms with Gasteiger partial charge in [0.2, 0.25) is 0 Å². The molecule has 1 aromatic heterocycles. The molecule has 1 aromatic carbocycles. The minimum Gasteiger partial charge on any atom is -0.493 e. The fourth-order valence-electron chi connectivity index (χ4n) is 2.84. The molecule has 1 heterocycles. The lowest BCUT2D eigenvalue weighted by Gasteiger charge is -2.10. The average molecular weight is 550 g/mol. The highest BCUT2D eigenvalue weighted by Crippen LogP contribution is 2.34. The fourth-order valence-corrected chi connectivity index (χ4v) is 4.83. The number of nitriles is 2. The van der Waals surface area contributed by atoms with Gasteiger partial charge in [0, 0.05) is 11.3 Å². The van der Waals surface area contributed by atoms with E-state index >= 15 is 0 Å². The molecule has 0 atom stereocenters. The molecule has 0 radical (unpaired) electrons. The fraction of sp³-hybridized carbons (Fsp3) is 0.273. The van der Waals surface area contributed by atoms with Crippen molar-refractivity contribution < 1.29 is 23.8 Å². The summed E-state index contributed by atoms with van der Waals surface area (Å²) in [5, 5.41) is 19.0. The molecule has 0 bridgehead atoms. The molecule has 0 saturated heterocycles. The number of ketones is 1. The molecule has 0 spiro atoms. The van der Waals surface area contributed by atoms with Gasteiger partial charge in [-0.3, -0.25) is 4.79 Å². The Bertz CT molecular complexity index is 1140. The number of Topliss-reactive ketones (excluding diaryl/α,β-unsaturated/α-hetero) is 1. The van der Waals surface area contributed by atoms with E-state index in [1.165, 1.54) is 20.3 Å². The van der Waals surface area contributed by atoms with Crippen molar-refractivity contribution in [1.82, 2.24) is 0 Å². The number of thiophene rings is 1. The zero-order chi connectivity index (χ0) is 23.1. The Balaban J connectivity index is 2.40. The normalized spacial score (nSPS) is 10.7. The van der Waals surface area contributed by atoms with Crippen LogP contribution in [0, 0.1) is 33.2 Å². The highest BCUT2D eigenvalue weighted by Gasteiger charge is 2.23. The Morgan fingerprint density at radius 1 is 1.23 bits per heavy atom. The van der Waals surface area contributed by atoms with E-state index in [4.69, 9.17) is 14.2 Å². The molecule has 0 unspecified atom stereocenters. The summed E-state index contributed by atoms with van der Waals surface area (Å²) in [5.41, 5.74) is 1.27. The van der Waals surface area contributed by atoms with Crippen molar-refractivity contribution in [3.05, 3.63) is 47.7 Å². The van der Waals surface area contributed by atoms with Gasteiger partial charge in [0.25, 0.3) is 0 Å². The lowest BCUT2D eigenvalue weighted by molar-refractivity contribution is -0.114. The van der Waals surface area contributed by atoms with Gasteiger partial charge in [0.15, 0.2) is 17.3 Å². The Labute approximate surface area is 198 Å². The van der Waals surface area contributed by atoms with E-state index in [2.05, 4.69) is 22.6 Å². The van der Waals surface area contributed by atoms with Crippen LogP contribution in [0.1, 0.15) is 38.2 Å². The van der Waals surface area contributed by atoms with Crippen molar-refractivity contribution >= 4 is 51.8 Å². The molecule has 7 nitrogen and oxygen atoms in total. The Hall–Kier alpha value is -2.89. The number of halogens is 1. The van der Waals surface area contributed by atoms with E-state index in [1.54, 1.807) is 26.0 Å². The van der Waals surface area contributed by atoms with Gasteiger partial charge < -0.3 is 14.2 Å². The molecule has 2 rings (SSSR count). The molecule has 9 heteroatoms. The second-order valence-electron chi connectivity index (χ2n) is 6.19. The number of nitrogens with zero attached hydrogens (tertiary/aromatic N) is 2. The number of carbonyl (C=O) groups excluding carboxylic acids is 2. The van der Waals surface area contributed by atoms with Crippen LogP contribution >= 0.6 is 33.9 Å². The first-order chi connectivity index (χ1) is 14.8. The number of hydrogen-bond donors (Lipinski definition) is 0. The third-order valence-corrected chi connectivity index (χ3v) is 6.37. The van der Waals surface area contributed by atoms with E-state index in [0.29, 0.717) is 27.5 Å². The van der Waals surface area contributed by atoms with Gasteiger partial charge in [-0.2, -0.15) is 10.5 Å². The predicted molar refractivity (Wildman–Crippen MR) is 124 cm³/mol. The highest BCUT2D eigenvalue weighted by molar-refractivity contribution is 14.1. The zero-order valence-electron chi connectivity index (χ0n) is 17.4. The highest BCUT2D eigenvalue weighted by atomic mass is 127. The first kappa shape index (κ1) is 24.4. The number of rotatable bonds is 8. The van der Waals surface area contributed by atoms with E-state index in [0.717, 1.165) is 14.9 Å². The summed E-state index contributed by atoms with van der Waals surface area (Å²) in [6.07, 6.45) is 1.29. The summed E-state index contributed by atoms with van der Waals surface area (Å²) in [7, 11) is 3.03. The molecule has 160 valence electrons. The first-order valence-corrected chi connectivity index (χ1v) is 11.0. The summed E-state index contributed by atoms with van der Waals surface area (Å²) >= 11 is 3.12. The molecule has 0 saturated carbocycles. The Kier molecular flexibility index (Phi) is 8.60. The van der Waals surface area contributed by atoms with Crippen LogP contribution < -0.4 is 9.47 Å². The standard InChI is InChI=1S/C22H19IN2O5S/c1-5-30-22(27)21-12(2)15(11-25)19(31-21)9-17(26)14(10-24)6-13-7-16(23)20(29-4)18(8-13)28-3/h6-8H,5,9H2,1-4H3/b14-6+. The number of benzene rings is 1. The average Bonchev–Trinajstić information content (AvgIpc) is 3.06. The molecular formula is C22H19IN2O5S. The third-order valence-electron chi connectivity index (χ3n) is 4.30. The van der Waals surface area contributed by atoms with Gasteiger partial charge >= 0.3 is 5.97 Å². The monoisotopic (exact) mass is 550 g/mol. The molecular weight excluding hydrogens is 531 g/mol. The number of hydrogen-bond acceptors (Lipinski definition) is 8. The van der Waals surface area contributed by atoms with Crippen molar-refractivity contribution in [2.75, 3.05) is 20.8 Å². The van der Waals surface area contributed by atoms with Crippen LogP contribution in [0.4, 0.5) is 0 Å². The summed E-state index contributed by atoms with van der Waals surface area (Å²) in [6, 6.07) is 7.40. The maximum atomic E-state index is 12.8. The van der Waals surface area contributed by atoms with Crippen molar-refractivity contribution in [3.63, 3.8) is 0 Å². The third kappa shape index (κ3) is 5.43. The quantitative estimate of drug-likeness (QED) is 0.207. The van der Waals surface area contributed by atoms with Crippen LogP contribution in [0.5, 0.6) is 11.5 Å². The van der Waals surface area contributed by atoms with Crippen molar-refractivity contribution in [2.45, 2.75) is 20.3 Å². The van der Waals surface area contributed by atoms with Crippen LogP contribution in [-0.4, -0.2) is 32.6 Å². The molecule has 31 heavy (non-hydrogen) atoms. The van der Waals surface area contributed by atoms with Crippen LogP contribution in [0.2, 0.25) is 0 Å². The van der Waals surface area contributed by atoms with Crippen LogP contribution in [0.15, 0.2) is 17.7 Å². The summed E-state index contributed by atoms with van der Waals surface area (Å²) < 4.78 is 16.4. The van der Waals surface area contributed by atoms with E-state index < -0.39 is 11.8 Å². The number of carbonyl (C=O) groups is 2. The molecule has 0 aliphatic heterocycles. The summed E-state index contributed by atoms with van der Waals surface area (Å²) in [4.78, 5) is 25.7. The molecule has 0 amide bonds. The number of ether oxygens (including phenoxy) is 3. The molecule has 0 aliphatic carbocycles. The minimum absolute atomic E-state index is 0.0735. The van der Waals surface area contributed by atoms with Crippen LogP contribution in [0.25, 0.3) is 6.08 Å². The zero-order valence-corrected chi connectivity index (χ0v) is 20.3. The molecule has 0 fully saturated rings. The van der Waals surface area contributed by atoms with Crippen molar-refractivity contribution in [2.24, 2.45) is 0 Å². The molecule has 0 aliphatic rings. The van der Waals surface area contributed by atoms with Gasteiger partial charge in [-0.15, -0.1) is 11.3 Å². The summed E-state index contributed by atoms with van der Waals surface area (Å²) in [5.74, 6) is 0.0472. The van der Waals surface area contributed by atoms with E-state index in [1.807, 2.05) is 12.1 Å². The first-order valence-electron chi connectivity index (χ1n) is 9.07. The number of esters is 1. The predicted octanol–water partition coefficient (Wildman–Crippen LogP) is 4.45. The second-order valence-corrected chi connectivity index (χ2v) is 8.46. The molecule has 2 aromatic rings. The van der Waals surface area contributed by atoms with Gasteiger partial charge in [-0.05, 0) is 65.8 Å². The second kappa shape index (κ2) is 10.9. The lowest BCUT2D eigenvalue weighted by atomic mass is 10.0. The van der Waals surface area contributed by atoms with Crippen LogP contribution in [-0.2, 0) is 16.0 Å². The van der Waals surface area contributed by atoms with Gasteiger partial charge in [-0.25, -0.2) is 4.79 Å². The Morgan fingerprint density at radius 3 is 2.48 bits per heavy atom. The lowest BCUT2D eigenvalue weighted by Crippen LogP contribution is -2.05. The largest absolute Gasteiger partial charge is 0.493 e. The minimum atomic E-state index is -0.531. The van der Waals surface area contributed by atoms with E-state index in [-0.39, 0.29) is 29.0 Å². The van der Waals surface area contributed by atoms with Gasteiger partial charge in [0.1, 0.15) is 17.0 Å². The van der Waals surface area contributed by atoms with Crippen LogP contribution in [0.3, 0.4) is 0 Å². The molecule has 0 N–H and O–H groups in total. The number of methoxy groups -OCH3 is 2. The van der Waals surface area contributed by atoms with Crippen molar-refractivity contribution in [1.29, 1.82) is 10.5 Å². The maximum absolute atomic E-state index is 12.8.